The fourth-order valence-corrected chi connectivity index (χ4v) is 3.27. The van der Waals surface area contributed by atoms with E-state index in [-0.39, 0.29) is 29.4 Å². The van der Waals surface area contributed by atoms with E-state index in [9.17, 15) is 9.59 Å². The van der Waals surface area contributed by atoms with Crippen molar-refractivity contribution in [1.82, 2.24) is 15.1 Å². The predicted octanol–water partition coefficient (Wildman–Crippen LogP) is 2.22. The van der Waals surface area contributed by atoms with Gasteiger partial charge in [0.2, 0.25) is 5.91 Å². The Bertz CT molecular complexity index is 707. The first-order valence-electron chi connectivity index (χ1n) is 8.12. The highest BCUT2D eigenvalue weighted by Crippen LogP contribution is 2.24. The van der Waals surface area contributed by atoms with Crippen molar-refractivity contribution in [2.24, 2.45) is 5.92 Å². The van der Waals surface area contributed by atoms with Crippen molar-refractivity contribution in [2.45, 2.75) is 25.0 Å². The van der Waals surface area contributed by atoms with Crippen LogP contribution in [0.1, 0.15) is 19.8 Å². The summed E-state index contributed by atoms with van der Waals surface area (Å²) in [6.07, 6.45) is 2.80. The van der Waals surface area contributed by atoms with Crippen molar-refractivity contribution in [2.75, 3.05) is 25.4 Å². The van der Waals surface area contributed by atoms with Crippen molar-refractivity contribution in [1.29, 1.82) is 0 Å². The molecule has 9 heteroatoms. The van der Waals surface area contributed by atoms with Crippen LogP contribution in [0.25, 0.3) is 11.7 Å². The highest BCUT2D eigenvalue weighted by atomic mass is 32.2. The molecule has 1 fully saturated rings. The number of carbonyl (C=O) groups is 2. The van der Waals surface area contributed by atoms with E-state index in [0.29, 0.717) is 43.5 Å². The highest BCUT2D eigenvalue weighted by Gasteiger charge is 2.28. The number of furan rings is 1. The van der Waals surface area contributed by atoms with Gasteiger partial charge in [0.1, 0.15) is 0 Å². The number of nitrogens with zero attached hydrogens (tertiary/aromatic N) is 3. The lowest BCUT2D eigenvalue weighted by molar-refractivity contribution is -0.151. The Kier molecular flexibility index (Phi) is 5.75. The van der Waals surface area contributed by atoms with Crippen molar-refractivity contribution in [3.63, 3.8) is 0 Å². The molecule has 0 N–H and O–H groups in total. The first kappa shape index (κ1) is 17.5. The summed E-state index contributed by atoms with van der Waals surface area (Å²) in [7, 11) is 0. The van der Waals surface area contributed by atoms with Gasteiger partial charge in [0.05, 0.1) is 24.5 Å². The van der Waals surface area contributed by atoms with E-state index in [0.717, 1.165) is 0 Å². The van der Waals surface area contributed by atoms with Crippen LogP contribution in [0.4, 0.5) is 0 Å². The lowest BCUT2D eigenvalue weighted by atomic mass is 9.97. The van der Waals surface area contributed by atoms with Gasteiger partial charge in [-0.25, -0.2) is 0 Å². The highest BCUT2D eigenvalue weighted by molar-refractivity contribution is 7.99. The van der Waals surface area contributed by atoms with Gasteiger partial charge < -0.3 is 18.5 Å². The van der Waals surface area contributed by atoms with E-state index in [1.54, 1.807) is 24.0 Å². The maximum Gasteiger partial charge on any atom is 0.309 e. The minimum Gasteiger partial charge on any atom is -0.466 e. The van der Waals surface area contributed by atoms with Gasteiger partial charge in [-0.3, -0.25) is 9.59 Å². The Morgan fingerprint density at radius 1 is 1.36 bits per heavy atom. The van der Waals surface area contributed by atoms with Gasteiger partial charge in [-0.05, 0) is 31.9 Å². The molecule has 0 spiro atoms. The minimum absolute atomic E-state index is 0.00921. The number of amides is 1. The van der Waals surface area contributed by atoms with Crippen LogP contribution in [0, 0.1) is 5.92 Å². The van der Waals surface area contributed by atoms with Crippen LogP contribution in [0.5, 0.6) is 0 Å². The lowest BCUT2D eigenvalue weighted by Crippen LogP contribution is -2.41. The van der Waals surface area contributed by atoms with Crippen LogP contribution in [0.3, 0.4) is 0 Å². The summed E-state index contributed by atoms with van der Waals surface area (Å²) < 4.78 is 15.7. The summed E-state index contributed by atoms with van der Waals surface area (Å²) in [6.45, 7) is 3.30. The number of thioether (sulfide) groups is 1. The zero-order chi connectivity index (χ0) is 17.6. The number of rotatable bonds is 6. The Morgan fingerprint density at radius 2 is 2.16 bits per heavy atom. The molecular formula is C16H19N3O5S. The topological polar surface area (TPSA) is 98.7 Å². The summed E-state index contributed by atoms with van der Waals surface area (Å²) in [5.74, 6) is 0.708. The number of carbonyl (C=O) groups excluding carboxylic acids is 2. The largest absolute Gasteiger partial charge is 0.466 e. The molecule has 25 heavy (non-hydrogen) atoms. The summed E-state index contributed by atoms with van der Waals surface area (Å²) in [5, 5.41) is 8.11. The normalized spacial score (nSPS) is 15.3. The third-order valence-electron chi connectivity index (χ3n) is 3.93. The van der Waals surface area contributed by atoms with Crippen LogP contribution >= 0.6 is 11.8 Å². The van der Waals surface area contributed by atoms with Crippen LogP contribution in [0.2, 0.25) is 0 Å². The average Bonchev–Trinajstić information content (AvgIpc) is 3.31. The summed E-state index contributed by atoms with van der Waals surface area (Å²) in [5.41, 5.74) is 0. The van der Waals surface area contributed by atoms with Gasteiger partial charge in [0, 0.05) is 13.1 Å². The van der Waals surface area contributed by atoms with Crippen LogP contribution in [0.15, 0.2) is 32.5 Å². The van der Waals surface area contributed by atoms with Crippen molar-refractivity contribution >= 4 is 23.6 Å². The Morgan fingerprint density at radius 3 is 2.84 bits per heavy atom. The average molecular weight is 365 g/mol. The molecule has 1 saturated heterocycles. The number of ether oxygens (including phenoxy) is 1. The fraction of sp³-hybridized carbons (Fsp3) is 0.500. The molecule has 2 aromatic heterocycles. The first-order valence-corrected chi connectivity index (χ1v) is 9.10. The number of piperidine rings is 1. The fourth-order valence-electron chi connectivity index (χ4n) is 2.61. The number of likely N-dealkylation sites (tertiary alicyclic amines) is 1. The molecule has 0 aromatic carbocycles. The second-order valence-electron chi connectivity index (χ2n) is 5.55. The molecule has 3 heterocycles. The van der Waals surface area contributed by atoms with Gasteiger partial charge in [0.25, 0.3) is 11.1 Å². The van der Waals surface area contributed by atoms with E-state index >= 15 is 0 Å². The molecule has 0 aliphatic carbocycles. The van der Waals surface area contributed by atoms with Gasteiger partial charge in [-0.2, -0.15) is 0 Å². The second-order valence-corrected chi connectivity index (χ2v) is 6.47. The van der Waals surface area contributed by atoms with Crippen LogP contribution in [-0.2, 0) is 14.3 Å². The summed E-state index contributed by atoms with van der Waals surface area (Å²) in [4.78, 5) is 25.8. The monoisotopic (exact) mass is 365 g/mol. The van der Waals surface area contributed by atoms with Crippen molar-refractivity contribution < 1.29 is 23.2 Å². The molecule has 0 saturated carbocycles. The predicted molar refractivity (Wildman–Crippen MR) is 88.7 cm³/mol. The third kappa shape index (κ3) is 4.41. The SMILES string of the molecule is CCOC(=O)C1CCN(C(=O)CSc2nnc(-c3ccco3)o2)CC1. The number of hydrogen-bond donors (Lipinski definition) is 0. The van der Waals surface area contributed by atoms with Gasteiger partial charge in [0.15, 0.2) is 5.76 Å². The summed E-state index contributed by atoms with van der Waals surface area (Å²) in [6, 6.07) is 3.45. The van der Waals surface area contributed by atoms with E-state index in [2.05, 4.69) is 10.2 Å². The Hall–Kier alpha value is -2.29. The summed E-state index contributed by atoms with van der Waals surface area (Å²) >= 11 is 1.19. The molecule has 2 aromatic rings. The van der Waals surface area contributed by atoms with Crippen molar-refractivity contribution in [3.05, 3.63) is 18.4 Å². The third-order valence-corrected chi connectivity index (χ3v) is 4.73. The molecule has 0 unspecified atom stereocenters. The van der Waals surface area contributed by atoms with E-state index in [4.69, 9.17) is 13.6 Å². The molecule has 1 amide bonds. The zero-order valence-electron chi connectivity index (χ0n) is 13.8. The van der Waals surface area contributed by atoms with Gasteiger partial charge in [-0.15, -0.1) is 10.2 Å². The Balaban J connectivity index is 1.45. The molecule has 1 aliphatic rings. The quantitative estimate of drug-likeness (QED) is 0.568. The minimum atomic E-state index is -0.166. The van der Waals surface area contributed by atoms with Gasteiger partial charge in [-0.1, -0.05) is 11.8 Å². The number of hydrogen-bond acceptors (Lipinski definition) is 8. The standard InChI is InChI=1S/C16H19N3O5S/c1-2-22-15(21)11-5-7-19(8-6-11)13(20)10-25-16-18-17-14(24-16)12-4-3-9-23-12/h3-4,9,11H,2,5-8,10H2,1H3. The van der Waals surface area contributed by atoms with E-state index in [1.165, 1.54) is 18.0 Å². The number of aromatic nitrogens is 2. The molecule has 0 bridgehead atoms. The second kappa shape index (κ2) is 8.19. The molecular weight excluding hydrogens is 346 g/mol. The van der Waals surface area contributed by atoms with Crippen LogP contribution < -0.4 is 0 Å². The molecule has 8 nitrogen and oxygen atoms in total. The molecule has 1 aliphatic heterocycles. The number of esters is 1. The Labute approximate surface area is 148 Å². The maximum absolute atomic E-state index is 12.3. The molecule has 0 atom stereocenters. The smallest absolute Gasteiger partial charge is 0.309 e. The molecule has 0 radical (unpaired) electrons. The zero-order valence-corrected chi connectivity index (χ0v) is 14.7. The van der Waals surface area contributed by atoms with Gasteiger partial charge >= 0.3 is 5.97 Å². The molecule has 134 valence electrons. The molecule has 3 rings (SSSR count). The van der Waals surface area contributed by atoms with E-state index in [1.807, 2.05) is 0 Å². The maximum atomic E-state index is 12.3. The first-order chi connectivity index (χ1) is 12.2. The van der Waals surface area contributed by atoms with Crippen molar-refractivity contribution in [3.8, 4) is 11.7 Å². The van der Waals surface area contributed by atoms with E-state index < -0.39 is 0 Å². The van der Waals surface area contributed by atoms with Crippen LogP contribution in [-0.4, -0.2) is 52.4 Å². The lowest BCUT2D eigenvalue weighted by Gasteiger charge is -2.30.